The zero-order chi connectivity index (χ0) is 19.3. The van der Waals surface area contributed by atoms with E-state index in [4.69, 9.17) is 15.2 Å². The minimum Gasteiger partial charge on any atom is -0.482 e. The van der Waals surface area contributed by atoms with Gasteiger partial charge < -0.3 is 20.5 Å². The predicted molar refractivity (Wildman–Crippen MR) is 98.4 cm³/mol. The molecule has 1 aromatic heterocycles. The number of thiophene rings is 1. The van der Waals surface area contributed by atoms with Gasteiger partial charge in [0.05, 0.1) is 5.56 Å². The molecule has 0 aliphatic rings. The molecule has 1 aromatic carbocycles. The molecule has 2 rings (SSSR count). The molecule has 3 N–H and O–H groups in total. The van der Waals surface area contributed by atoms with E-state index in [2.05, 4.69) is 5.32 Å². The fourth-order valence-electron chi connectivity index (χ4n) is 2.20. The third-order valence-corrected chi connectivity index (χ3v) is 4.35. The average Bonchev–Trinajstić information content (AvgIpc) is 3.02. The van der Waals surface area contributed by atoms with Crippen molar-refractivity contribution >= 4 is 34.1 Å². The summed E-state index contributed by atoms with van der Waals surface area (Å²) in [5.74, 6) is -1.30. The number of ether oxygens (including phenoxy) is 2. The second-order valence-electron chi connectivity index (χ2n) is 5.71. The summed E-state index contributed by atoms with van der Waals surface area (Å²) in [6, 6.07) is 7.10. The van der Waals surface area contributed by atoms with Crippen LogP contribution >= 0.6 is 11.3 Å². The number of esters is 1. The number of aryl methyl sites for hydroxylation is 2. The molecule has 8 heteroatoms. The number of primary amides is 1. The Morgan fingerprint density at radius 2 is 1.96 bits per heavy atom. The first-order valence-corrected chi connectivity index (χ1v) is 8.73. The Morgan fingerprint density at radius 3 is 2.62 bits per heavy atom. The molecular weight excluding hydrogens is 356 g/mol. The van der Waals surface area contributed by atoms with Gasteiger partial charge in [-0.1, -0.05) is 17.7 Å². The highest BCUT2D eigenvalue weighted by molar-refractivity contribution is 7.14. The number of carbonyl (C=O) groups excluding carboxylic acids is 3. The van der Waals surface area contributed by atoms with Crippen LogP contribution in [-0.4, -0.2) is 30.5 Å². The van der Waals surface area contributed by atoms with Gasteiger partial charge in [0.15, 0.2) is 12.7 Å². The molecule has 1 atom stereocenters. The Kier molecular flexibility index (Phi) is 6.35. The van der Waals surface area contributed by atoms with Crippen LogP contribution in [0.25, 0.3) is 0 Å². The maximum Gasteiger partial charge on any atom is 0.344 e. The third kappa shape index (κ3) is 5.06. The third-order valence-electron chi connectivity index (χ3n) is 3.52. The number of carbonyl (C=O) groups is 3. The molecule has 0 aliphatic carbocycles. The first-order valence-electron chi connectivity index (χ1n) is 7.85. The Morgan fingerprint density at radius 1 is 1.23 bits per heavy atom. The maximum atomic E-state index is 12.1. The van der Waals surface area contributed by atoms with Gasteiger partial charge in [-0.2, -0.15) is 0 Å². The fraction of sp³-hybridized carbons (Fsp3) is 0.278. The second-order valence-corrected chi connectivity index (χ2v) is 6.62. The van der Waals surface area contributed by atoms with Crippen molar-refractivity contribution in [2.75, 3.05) is 11.9 Å². The summed E-state index contributed by atoms with van der Waals surface area (Å²) in [5, 5.41) is 4.47. The summed E-state index contributed by atoms with van der Waals surface area (Å²) in [5.41, 5.74) is 7.42. The fourth-order valence-corrected chi connectivity index (χ4v) is 2.99. The lowest BCUT2D eigenvalue weighted by molar-refractivity contribution is -0.155. The minimum atomic E-state index is -1.05. The van der Waals surface area contributed by atoms with Crippen molar-refractivity contribution in [1.82, 2.24) is 0 Å². The van der Waals surface area contributed by atoms with Crippen LogP contribution in [-0.2, 0) is 14.3 Å². The van der Waals surface area contributed by atoms with Gasteiger partial charge in [-0.15, -0.1) is 11.3 Å². The number of benzene rings is 1. The Balaban J connectivity index is 1.86. The number of rotatable bonds is 7. The molecule has 26 heavy (non-hydrogen) atoms. The van der Waals surface area contributed by atoms with Crippen LogP contribution in [0.5, 0.6) is 5.75 Å². The van der Waals surface area contributed by atoms with Gasteiger partial charge in [-0.05, 0) is 43.8 Å². The minimum absolute atomic E-state index is 0.208. The van der Waals surface area contributed by atoms with E-state index in [-0.39, 0.29) is 12.2 Å². The molecule has 2 aromatic rings. The number of hydrogen-bond acceptors (Lipinski definition) is 6. The molecule has 1 heterocycles. The van der Waals surface area contributed by atoms with Gasteiger partial charge in [-0.25, -0.2) is 4.79 Å². The van der Waals surface area contributed by atoms with Crippen LogP contribution in [0.15, 0.2) is 29.6 Å². The Labute approximate surface area is 155 Å². The number of hydrogen-bond donors (Lipinski definition) is 2. The summed E-state index contributed by atoms with van der Waals surface area (Å²) in [6.45, 7) is 4.96. The van der Waals surface area contributed by atoms with Crippen molar-refractivity contribution in [3.8, 4) is 5.75 Å². The van der Waals surface area contributed by atoms with E-state index < -0.39 is 23.9 Å². The molecule has 0 saturated carbocycles. The van der Waals surface area contributed by atoms with Crippen molar-refractivity contribution in [2.45, 2.75) is 26.9 Å². The van der Waals surface area contributed by atoms with Gasteiger partial charge >= 0.3 is 5.97 Å². The predicted octanol–water partition coefficient (Wildman–Crippen LogP) is 2.41. The molecule has 0 radical (unpaired) electrons. The number of nitrogens with two attached hydrogens (primary N) is 1. The Bertz CT molecular complexity index is 831. The van der Waals surface area contributed by atoms with E-state index in [1.54, 1.807) is 11.4 Å². The molecule has 0 unspecified atom stereocenters. The molecule has 138 valence electrons. The summed E-state index contributed by atoms with van der Waals surface area (Å²) < 4.78 is 10.5. The van der Waals surface area contributed by atoms with Crippen LogP contribution in [0.3, 0.4) is 0 Å². The van der Waals surface area contributed by atoms with Crippen molar-refractivity contribution in [1.29, 1.82) is 0 Å². The SMILES string of the molecule is Cc1ccc(OCC(=O)O[C@@H](C)C(=O)Nc2sccc2C(N)=O)c(C)c1. The smallest absolute Gasteiger partial charge is 0.344 e. The van der Waals surface area contributed by atoms with Crippen LogP contribution in [0.1, 0.15) is 28.4 Å². The van der Waals surface area contributed by atoms with Crippen molar-refractivity contribution in [3.63, 3.8) is 0 Å². The maximum absolute atomic E-state index is 12.1. The van der Waals surface area contributed by atoms with E-state index in [1.165, 1.54) is 13.0 Å². The highest BCUT2D eigenvalue weighted by Crippen LogP contribution is 2.23. The van der Waals surface area contributed by atoms with E-state index in [9.17, 15) is 14.4 Å². The van der Waals surface area contributed by atoms with Crippen molar-refractivity contribution < 1.29 is 23.9 Å². The van der Waals surface area contributed by atoms with E-state index in [0.717, 1.165) is 22.5 Å². The zero-order valence-electron chi connectivity index (χ0n) is 14.7. The largest absolute Gasteiger partial charge is 0.482 e. The van der Waals surface area contributed by atoms with Crippen LogP contribution in [0, 0.1) is 13.8 Å². The number of nitrogens with one attached hydrogen (secondary N) is 1. The van der Waals surface area contributed by atoms with Crippen LogP contribution in [0.4, 0.5) is 5.00 Å². The van der Waals surface area contributed by atoms with Crippen LogP contribution in [0.2, 0.25) is 0 Å². The quantitative estimate of drug-likeness (QED) is 0.722. The lowest BCUT2D eigenvalue weighted by Gasteiger charge is -2.14. The Hall–Kier alpha value is -2.87. The lowest BCUT2D eigenvalue weighted by Crippen LogP contribution is -2.32. The van der Waals surface area contributed by atoms with Gasteiger partial charge in [0, 0.05) is 0 Å². The molecule has 7 nitrogen and oxygen atoms in total. The molecule has 2 amide bonds. The molecule has 0 spiro atoms. The van der Waals surface area contributed by atoms with Crippen LogP contribution < -0.4 is 15.8 Å². The van der Waals surface area contributed by atoms with Gasteiger partial charge in [-0.3, -0.25) is 9.59 Å². The number of anilines is 1. The van der Waals surface area contributed by atoms with Gasteiger partial charge in [0.2, 0.25) is 0 Å². The van der Waals surface area contributed by atoms with E-state index >= 15 is 0 Å². The zero-order valence-corrected chi connectivity index (χ0v) is 15.5. The highest BCUT2D eigenvalue weighted by Gasteiger charge is 2.21. The van der Waals surface area contributed by atoms with Gasteiger partial charge in [0.25, 0.3) is 11.8 Å². The normalized spacial score (nSPS) is 11.5. The summed E-state index contributed by atoms with van der Waals surface area (Å²) in [4.78, 5) is 35.3. The lowest BCUT2D eigenvalue weighted by atomic mass is 10.1. The standard InChI is InChI=1S/C18H20N2O5S/c1-10-4-5-14(11(2)8-10)24-9-15(21)25-12(3)17(23)20-18-13(16(19)22)6-7-26-18/h4-8,12H,9H2,1-3H3,(H2,19,22)(H,20,23)/t12-/m0/s1. The summed E-state index contributed by atoms with van der Waals surface area (Å²) in [6.07, 6.45) is -1.05. The monoisotopic (exact) mass is 376 g/mol. The molecule has 0 bridgehead atoms. The van der Waals surface area contributed by atoms with Crippen molar-refractivity contribution in [3.05, 3.63) is 46.3 Å². The van der Waals surface area contributed by atoms with Crippen molar-refractivity contribution in [2.24, 2.45) is 5.73 Å². The second kappa shape index (κ2) is 8.48. The van der Waals surface area contributed by atoms with E-state index in [1.807, 2.05) is 26.0 Å². The number of amides is 2. The highest BCUT2D eigenvalue weighted by atomic mass is 32.1. The van der Waals surface area contributed by atoms with Gasteiger partial charge in [0.1, 0.15) is 10.8 Å². The molecule has 0 saturated heterocycles. The van der Waals surface area contributed by atoms with E-state index in [0.29, 0.717) is 10.8 Å². The summed E-state index contributed by atoms with van der Waals surface area (Å²) >= 11 is 1.15. The molecule has 0 fully saturated rings. The topological polar surface area (TPSA) is 108 Å². The average molecular weight is 376 g/mol. The first kappa shape index (κ1) is 19.5. The molecular formula is C18H20N2O5S. The summed E-state index contributed by atoms with van der Waals surface area (Å²) in [7, 11) is 0. The molecule has 0 aliphatic heterocycles. The first-order chi connectivity index (χ1) is 12.3.